The molecule has 1 atom stereocenters. The van der Waals surface area contributed by atoms with Crippen LogP contribution in [-0.2, 0) is 6.54 Å². The van der Waals surface area contributed by atoms with Gasteiger partial charge in [-0.25, -0.2) is 4.79 Å². The highest BCUT2D eigenvalue weighted by Crippen LogP contribution is 2.20. The molecule has 0 saturated carbocycles. The average Bonchev–Trinajstić information content (AvgIpc) is 3.03. The van der Waals surface area contributed by atoms with Crippen molar-refractivity contribution in [1.29, 1.82) is 0 Å². The summed E-state index contributed by atoms with van der Waals surface area (Å²) in [4.78, 5) is 21.8. The summed E-state index contributed by atoms with van der Waals surface area (Å²) in [7, 11) is 1.58. The number of H-pyrrole nitrogens is 1. The molecule has 3 rings (SSSR count). The summed E-state index contributed by atoms with van der Waals surface area (Å²) in [5.41, 5.74) is 1.35. The number of likely N-dealkylation sites (N-methyl/N-ethyl adjacent to an activating group) is 1. The van der Waals surface area contributed by atoms with Gasteiger partial charge >= 0.3 is 5.69 Å². The molecule has 108 valence electrons. The number of fused-ring (bicyclic) bond motifs is 1. The second-order valence-corrected chi connectivity index (χ2v) is 5.19. The van der Waals surface area contributed by atoms with E-state index in [4.69, 9.17) is 4.74 Å². The summed E-state index contributed by atoms with van der Waals surface area (Å²) in [6.45, 7) is 5.00. The van der Waals surface area contributed by atoms with Gasteiger partial charge in [-0.05, 0) is 32.0 Å². The maximum absolute atomic E-state index is 12.1. The quantitative estimate of drug-likeness (QED) is 0.912. The van der Waals surface area contributed by atoms with Crippen molar-refractivity contribution in [1.82, 2.24) is 19.4 Å². The normalized spacial score (nSPS) is 19.8. The van der Waals surface area contributed by atoms with Crippen LogP contribution < -0.4 is 10.4 Å². The standard InChI is InChI=1S/C14H20N4O2/c1-3-17-8-4-5-10(17)9-18-13-11(15-14(18)19)6-7-12(16-13)20-2/h6-7,10H,3-5,8-9H2,1-2H3,(H,15,19). The van der Waals surface area contributed by atoms with Crippen molar-refractivity contribution in [3.63, 3.8) is 0 Å². The second-order valence-electron chi connectivity index (χ2n) is 5.19. The predicted molar refractivity (Wildman–Crippen MR) is 77.2 cm³/mol. The molecule has 6 nitrogen and oxygen atoms in total. The molecule has 6 heteroatoms. The fourth-order valence-electron chi connectivity index (χ4n) is 3.03. The van der Waals surface area contributed by atoms with Crippen LogP contribution in [0.2, 0.25) is 0 Å². The molecular weight excluding hydrogens is 256 g/mol. The van der Waals surface area contributed by atoms with Crippen molar-refractivity contribution < 1.29 is 4.74 Å². The second kappa shape index (κ2) is 5.28. The minimum atomic E-state index is -0.0938. The molecule has 1 unspecified atom stereocenters. The summed E-state index contributed by atoms with van der Waals surface area (Å²) < 4.78 is 6.88. The van der Waals surface area contributed by atoms with E-state index in [9.17, 15) is 4.79 Å². The highest BCUT2D eigenvalue weighted by Gasteiger charge is 2.24. The van der Waals surface area contributed by atoms with Gasteiger partial charge in [0.2, 0.25) is 5.88 Å². The Bertz CT molecular complexity index is 661. The van der Waals surface area contributed by atoms with E-state index in [0.29, 0.717) is 24.1 Å². The van der Waals surface area contributed by atoms with Crippen LogP contribution in [0.4, 0.5) is 0 Å². The molecule has 3 heterocycles. The van der Waals surface area contributed by atoms with Gasteiger partial charge in [-0.3, -0.25) is 9.47 Å². The number of likely N-dealkylation sites (tertiary alicyclic amines) is 1. The maximum atomic E-state index is 12.1. The van der Waals surface area contributed by atoms with Crippen LogP contribution >= 0.6 is 0 Å². The number of nitrogens with zero attached hydrogens (tertiary/aromatic N) is 3. The number of rotatable bonds is 4. The number of pyridine rings is 1. The van der Waals surface area contributed by atoms with Gasteiger partial charge in [-0.1, -0.05) is 6.92 Å². The van der Waals surface area contributed by atoms with Gasteiger partial charge in [-0.15, -0.1) is 0 Å². The third kappa shape index (κ3) is 2.20. The van der Waals surface area contributed by atoms with E-state index in [1.807, 2.05) is 6.07 Å². The summed E-state index contributed by atoms with van der Waals surface area (Å²) in [6.07, 6.45) is 2.34. The van der Waals surface area contributed by atoms with Gasteiger partial charge in [0, 0.05) is 18.7 Å². The van der Waals surface area contributed by atoms with Gasteiger partial charge in [-0.2, -0.15) is 4.98 Å². The smallest absolute Gasteiger partial charge is 0.327 e. The highest BCUT2D eigenvalue weighted by molar-refractivity contribution is 5.71. The van der Waals surface area contributed by atoms with Crippen LogP contribution in [0, 0.1) is 0 Å². The van der Waals surface area contributed by atoms with Crippen molar-refractivity contribution in [3.05, 3.63) is 22.6 Å². The van der Waals surface area contributed by atoms with E-state index in [1.165, 1.54) is 6.42 Å². The first kappa shape index (κ1) is 13.2. The first-order valence-electron chi connectivity index (χ1n) is 7.10. The third-order valence-electron chi connectivity index (χ3n) is 4.10. The number of aromatic amines is 1. The third-order valence-corrected chi connectivity index (χ3v) is 4.10. The monoisotopic (exact) mass is 276 g/mol. The van der Waals surface area contributed by atoms with Crippen LogP contribution in [0.25, 0.3) is 11.2 Å². The maximum Gasteiger partial charge on any atom is 0.327 e. The number of ether oxygens (including phenoxy) is 1. The summed E-state index contributed by atoms with van der Waals surface area (Å²) in [5, 5.41) is 0. The van der Waals surface area contributed by atoms with E-state index in [-0.39, 0.29) is 5.69 Å². The lowest BCUT2D eigenvalue weighted by Crippen LogP contribution is -2.35. The lowest BCUT2D eigenvalue weighted by atomic mass is 10.2. The molecule has 20 heavy (non-hydrogen) atoms. The van der Waals surface area contributed by atoms with Gasteiger partial charge in [0.15, 0.2) is 5.65 Å². The minimum absolute atomic E-state index is 0.0938. The molecule has 1 aliphatic rings. The Balaban J connectivity index is 1.97. The van der Waals surface area contributed by atoms with Crippen LogP contribution in [0.5, 0.6) is 5.88 Å². The lowest BCUT2D eigenvalue weighted by Gasteiger charge is -2.22. The summed E-state index contributed by atoms with van der Waals surface area (Å²) >= 11 is 0. The molecule has 0 aliphatic carbocycles. The molecule has 1 saturated heterocycles. The van der Waals surface area contributed by atoms with Crippen LogP contribution in [0.3, 0.4) is 0 Å². The zero-order valence-electron chi connectivity index (χ0n) is 11.9. The predicted octanol–water partition coefficient (Wildman–Crippen LogP) is 1.22. The average molecular weight is 276 g/mol. The molecule has 0 spiro atoms. The number of methoxy groups -OCH3 is 1. The van der Waals surface area contributed by atoms with E-state index in [0.717, 1.165) is 25.0 Å². The molecule has 2 aromatic rings. The van der Waals surface area contributed by atoms with Gasteiger partial charge < -0.3 is 9.72 Å². The molecule has 0 aromatic carbocycles. The summed E-state index contributed by atoms with van der Waals surface area (Å²) in [5.74, 6) is 0.531. The molecule has 2 aromatic heterocycles. The number of aromatic nitrogens is 3. The Labute approximate surface area is 117 Å². The topological polar surface area (TPSA) is 63.2 Å². The molecule has 1 N–H and O–H groups in total. The zero-order chi connectivity index (χ0) is 14.1. The molecule has 0 radical (unpaired) electrons. The van der Waals surface area contributed by atoms with Crippen LogP contribution in [0.1, 0.15) is 19.8 Å². The van der Waals surface area contributed by atoms with Crippen molar-refractivity contribution in [3.8, 4) is 5.88 Å². The zero-order valence-corrected chi connectivity index (χ0v) is 11.9. The number of imidazole rings is 1. The fraction of sp³-hybridized carbons (Fsp3) is 0.571. The van der Waals surface area contributed by atoms with Crippen molar-refractivity contribution in [2.24, 2.45) is 0 Å². The molecule has 1 fully saturated rings. The number of hydrogen-bond donors (Lipinski definition) is 1. The van der Waals surface area contributed by atoms with Crippen molar-refractivity contribution in [2.75, 3.05) is 20.2 Å². The van der Waals surface area contributed by atoms with Gasteiger partial charge in [0.05, 0.1) is 12.6 Å². The Morgan fingerprint density at radius 3 is 3.10 bits per heavy atom. The minimum Gasteiger partial charge on any atom is -0.481 e. The van der Waals surface area contributed by atoms with E-state index in [1.54, 1.807) is 17.7 Å². The van der Waals surface area contributed by atoms with Crippen molar-refractivity contribution >= 4 is 11.2 Å². The summed E-state index contributed by atoms with van der Waals surface area (Å²) in [6, 6.07) is 4.02. The molecular formula is C14H20N4O2. The van der Waals surface area contributed by atoms with E-state index < -0.39 is 0 Å². The first-order valence-corrected chi connectivity index (χ1v) is 7.10. The molecule has 0 bridgehead atoms. The van der Waals surface area contributed by atoms with Crippen LogP contribution in [-0.4, -0.2) is 45.7 Å². The first-order chi connectivity index (χ1) is 9.72. The van der Waals surface area contributed by atoms with Crippen molar-refractivity contribution in [2.45, 2.75) is 32.4 Å². The fourth-order valence-corrected chi connectivity index (χ4v) is 3.03. The lowest BCUT2D eigenvalue weighted by molar-refractivity contribution is 0.244. The Hall–Kier alpha value is -1.82. The van der Waals surface area contributed by atoms with Crippen LogP contribution in [0.15, 0.2) is 16.9 Å². The molecule has 1 aliphatic heterocycles. The van der Waals surface area contributed by atoms with Gasteiger partial charge in [0.25, 0.3) is 0 Å². The number of hydrogen-bond acceptors (Lipinski definition) is 4. The van der Waals surface area contributed by atoms with Gasteiger partial charge in [0.1, 0.15) is 0 Å². The Kier molecular flexibility index (Phi) is 3.48. The Morgan fingerprint density at radius 1 is 1.50 bits per heavy atom. The molecule has 0 amide bonds. The SMILES string of the molecule is CCN1CCCC1Cn1c(=O)[nH]c2ccc(OC)nc21. The van der Waals surface area contributed by atoms with E-state index >= 15 is 0 Å². The number of nitrogens with one attached hydrogen (secondary N) is 1. The Morgan fingerprint density at radius 2 is 2.35 bits per heavy atom. The van der Waals surface area contributed by atoms with E-state index in [2.05, 4.69) is 21.8 Å². The largest absolute Gasteiger partial charge is 0.481 e. The highest BCUT2D eigenvalue weighted by atomic mass is 16.5.